The number of aromatic nitrogens is 4. The van der Waals surface area contributed by atoms with Crippen LogP contribution in [0, 0.1) is 0 Å². The number of nitrogens with two attached hydrogens (primary N) is 2. The number of hydrogen-bond donors (Lipinski definition) is 4. The van der Waals surface area contributed by atoms with Gasteiger partial charge in [-0.25, -0.2) is 4.98 Å². The number of primary amides is 2. The van der Waals surface area contributed by atoms with E-state index in [1.165, 1.54) is 11.3 Å². The molecule has 0 saturated heterocycles. The summed E-state index contributed by atoms with van der Waals surface area (Å²) < 4.78 is 1.03. The van der Waals surface area contributed by atoms with Crippen molar-refractivity contribution in [1.82, 2.24) is 20.2 Å². The lowest BCUT2D eigenvalue weighted by Crippen LogP contribution is -2.35. The summed E-state index contributed by atoms with van der Waals surface area (Å²) in [4.78, 5) is 31.4. The lowest BCUT2D eigenvalue weighted by molar-refractivity contribution is -0.118. The molecule has 26 heavy (non-hydrogen) atoms. The number of anilines is 3. The SMILES string of the molecule is CC[C@@H](Nc1nnc(C(N)=O)c(Nc2ccc3scnc3c2)n1)C(N)=O. The molecule has 0 aliphatic heterocycles. The van der Waals surface area contributed by atoms with Crippen LogP contribution in [0.5, 0.6) is 0 Å². The second-order valence-electron chi connectivity index (χ2n) is 5.36. The Labute approximate surface area is 152 Å². The van der Waals surface area contributed by atoms with Gasteiger partial charge in [0.25, 0.3) is 5.91 Å². The van der Waals surface area contributed by atoms with Gasteiger partial charge in [0.1, 0.15) is 6.04 Å². The van der Waals surface area contributed by atoms with Gasteiger partial charge in [0.15, 0.2) is 11.5 Å². The van der Waals surface area contributed by atoms with Gasteiger partial charge in [-0.15, -0.1) is 21.5 Å². The highest BCUT2D eigenvalue weighted by atomic mass is 32.1. The molecule has 0 bridgehead atoms. The standard InChI is InChI=1S/C15H16N8O2S/c1-2-8(12(16)24)20-15-21-14(11(13(17)25)22-23-15)19-7-3-4-10-9(5-7)18-6-26-10/h3-6,8H,2H2,1H3,(H2,16,24)(H2,17,25)(H2,19,20,21,23)/t8-/m1/s1. The highest BCUT2D eigenvalue weighted by Gasteiger charge is 2.18. The van der Waals surface area contributed by atoms with Crippen LogP contribution in [-0.4, -0.2) is 38.0 Å². The Kier molecular flexibility index (Phi) is 4.89. The first-order valence-corrected chi connectivity index (χ1v) is 8.56. The van der Waals surface area contributed by atoms with Crippen LogP contribution in [0.25, 0.3) is 10.2 Å². The summed E-state index contributed by atoms with van der Waals surface area (Å²) in [5, 5.41) is 13.4. The molecule has 6 N–H and O–H groups in total. The van der Waals surface area contributed by atoms with Gasteiger partial charge in [-0.2, -0.15) is 4.98 Å². The van der Waals surface area contributed by atoms with Crippen molar-refractivity contribution in [2.75, 3.05) is 10.6 Å². The lowest BCUT2D eigenvalue weighted by Gasteiger charge is -2.14. The van der Waals surface area contributed by atoms with Crippen LogP contribution >= 0.6 is 11.3 Å². The van der Waals surface area contributed by atoms with Crippen molar-refractivity contribution in [3.05, 3.63) is 29.4 Å². The fraction of sp³-hybridized carbons (Fsp3) is 0.200. The quantitative estimate of drug-likeness (QED) is 0.477. The van der Waals surface area contributed by atoms with Crippen molar-refractivity contribution < 1.29 is 9.59 Å². The smallest absolute Gasteiger partial charge is 0.273 e. The minimum absolute atomic E-state index is 0.0536. The van der Waals surface area contributed by atoms with E-state index in [1.807, 2.05) is 18.2 Å². The van der Waals surface area contributed by atoms with Crippen LogP contribution in [0.2, 0.25) is 0 Å². The van der Waals surface area contributed by atoms with E-state index in [9.17, 15) is 9.59 Å². The minimum atomic E-state index is -0.782. The molecule has 1 atom stereocenters. The monoisotopic (exact) mass is 372 g/mol. The molecule has 134 valence electrons. The molecule has 0 aliphatic carbocycles. The molecule has 3 rings (SSSR count). The predicted octanol–water partition coefficient (Wildman–Crippen LogP) is 1.000. The van der Waals surface area contributed by atoms with E-state index in [0.717, 1.165) is 10.2 Å². The zero-order valence-corrected chi connectivity index (χ0v) is 14.6. The molecule has 1 aromatic carbocycles. The molecule has 0 spiro atoms. The number of benzene rings is 1. The van der Waals surface area contributed by atoms with Gasteiger partial charge >= 0.3 is 0 Å². The van der Waals surface area contributed by atoms with Crippen LogP contribution in [0.1, 0.15) is 23.8 Å². The number of nitrogens with one attached hydrogen (secondary N) is 2. The molecule has 3 aromatic rings. The maximum absolute atomic E-state index is 11.6. The second-order valence-corrected chi connectivity index (χ2v) is 6.25. The van der Waals surface area contributed by atoms with E-state index >= 15 is 0 Å². The van der Waals surface area contributed by atoms with Gasteiger partial charge in [0.2, 0.25) is 11.9 Å². The van der Waals surface area contributed by atoms with Crippen LogP contribution in [0.3, 0.4) is 0 Å². The van der Waals surface area contributed by atoms with Crippen molar-refractivity contribution in [3.63, 3.8) is 0 Å². The lowest BCUT2D eigenvalue weighted by atomic mass is 10.2. The third-order valence-corrected chi connectivity index (χ3v) is 4.38. The van der Waals surface area contributed by atoms with Crippen LogP contribution < -0.4 is 22.1 Å². The topological polar surface area (TPSA) is 162 Å². The predicted molar refractivity (Wildman–Crippen MR) is 98.1 cm³/mol. The molecule has 2 aromatic heterocycles. The Bertz CT molecular complexity index is 973. The Balaban J connectivity index is 1.93. The number of carbonyl (C=O) groups is 2. The number of amides is 2. The van der Waals surface area contributed by atoms with E-state index in [-0.39, 0.29) is 17.5 Å². The second kappa shape index (κ2) is 7.27. The summed E-state index contributed by atoms with van der Waals surface area (Å²) in [6.45, 7) is 1.79. The average Bonchev–Trinajstić information content (AvgIpc) is 3.07. The van der Waals surface area contributed by atoms with Crippen LogP contribution in [-0.2, 0) is 4.79 Å². The van der Waals surface area contributed by atoms with Gasteiger partial charge in [-0.1, -0.05) is 6.92 Å². The van der Waals surface area contributed by atoms with Crippen molar-refractivity contribution in [2.24, 2.45) is 11.5 Å². The number of hydrogen-bond acceptors (Lipinski definition) is 9. The first-order valence-electron chi connectivity index (χ1n) is 7.68. The highest BCUT2D eigenvalue weighted by Crippen LogP contribution is 2.24. The third kappa shape index (κ3) is 3.67. The van der Waals surface area contributed by atoms with Gasteiger partial charge in [0.05, 0.1) is 15.7 Å². The van der Waals surface area contributed by atoms with Gasteiger partial charge < -0.3 is 22.1 Å². The molecule has 2 amide bonds. The first kappa shape index (κ1) is 17.5. The molecule has 0 aliphatic rings. The zero-order chi connectivity index (χ0) is 18.7. The molecular weight excluding hydrogens is 356 g/mol. The molecule has 10 nitrogen and oxygen atoms in total. The molecule has 0 radical (unpaired) electrons. The summed E-state index contributed by atoms with van der Waals surface area (Å²) in [7, 11) is 0. The molecule has 0 fully saturated rings. The van der Waals surface area contributed by atoms with Crippen molar-refractivity contribution >= 4 is 50.8 Å². The maximum Gasteiger partial charge on any atom is 0.273 e. The Morgan fingerprint density at radius 3 is 2.77 bits per heavy atom. The first-order chi connectivity index (χ1) is 12.5. The van der Waals surface area contributed by atoms with Gasteiger partial charge in [-0.3, -0.25) is 9.59 Å². The van der Waals surface area contributed by atoms with E-state index in [1.54, 1.807) is 12.4 Å². The maximum atomic E-state index is 11.6. The van der Waals surface area contributed by atoms with Crippen molar-refractivity contribution in [3.8, 4) is 0 Å². The summed E-state index contributed by atoms with van der Waals surface area (Å²) in [6.07, 6.45) is 0.444. The van der Waals surface area contributed by atoms with E-state index in [4.69, 9.17) is 11.5 Å². The Morgan fingerprint density at radius 2 is 2.08 bits per heavy atom. The number of thiazole rings is 1. The van der Waals surface area contributed by atoms with Gasteiger partial charge in [-0.05, 0) is 24.6 Å². The summed E-state index contributed by atoms with van der Waals surface area (Å²) >= 11 is 1.52. The third-order valence-electron chi connectivity index (χ3n) is 3.57. The van der Waals surface area contributed by atoms with E-state index in [0.29, 0.717) is 12.1 Å². The van der Waals surface area contributed by atoms with Crippen LogP contribution in [0.15, 0.2) is 23.7 Å². The number of rotatable bonds is 7. The fourth-order valence-electron chi connectivity index (χ4n) is 2.24. The van der Waals surface area contributed by atoms with Gasteiger partial charge in [0, 0.05) is 5.69 Å². The minimum Gasteiger partial charge on any atom is -0.368 e. The van der Waals surface area contributed by atoms with Crippen LogP contribution in [0.4, 0.5) is 17.5 Å². The number of carbonyl (C=O) groups excluding carboxylic acids is 2. The molecule has 0 unspecified atom stereocenters. The normalized spacial score (nSPS) is 11.9. The Hall–Kier alpha value is -3.34. The number of nitrogens with zero attached hydrogens (tertiary/aromatic N) is 4. The van der Waals surface area contributed by atoms with Crippen molar-refractivity contribution in [2.45, 2.75) is 19.4 Å². The highest BCUT2D eigenvalue weighted by molar-refractivity contribution is 7.16. The zero-order valence-electron chi connectivity index (χ0n) is 13.8. The Morgan fingerprint density at radius 1 is 1.27 bits per heavy atom. The summed E-state index contributed by atoms with van der Waals surface area (Å²) in [5.41, 5.74) is 13.7. The number of fused-ring (bicyclic) bond motifs is 1. The fourth-order valence-corrected chi connectivity index (χ4v) is 2.90. The molecular formula is C15H16N8O2S. The van der Waals surface area contributed by atoms with Crippen molar-refractivity contribution in [1.29, 1.82) is 0 Å². The van der Waals surface area contributed by atoms with E-state index in [2.05, 4.69) is 30.8 Å². The molecule has 11 heteroatoms. The average molecular weight is 372 g/mol. The molecule has 0 saturated carbocycles. The van der Waals surface area contributed by atoms with E-state index < -0.39 is 17.9 Å². The largest absolute Gasteiger partial charge is 0.368 e. The summed E-state index contributed by atoms with van der Waals surface area (Å²) in [6, 6.07) is 4.87. The molecule has 2 heterocycles. The summed E-state index contributed by atoms with van der Waals surface area (Å²) in [5.74, 6) is -1.16.